The topological polar surface area (TPSA) is 88.4 Å². The van der Waals surface area contributed by atoms with Crippen molar-refractivity contribution in [3.63, 3.8) is 0 Å². The number of aromatic nitrogens is 4. The fourth-order valence-corrected chi connectivity index (χ4v) is 4.98. The van der Waals surface area contributed by atoms with E-state index in [4.69, 9.17) is 4.74 Å². The first-order valence-electron chi connectivity index (χ1n) is 12.4. The Morgan fingerprint density at radius 3 is 2.63 bits per heavy atom. The molecule has 1 saturated heterocycles. The number of benzene rings is 1. The molecule has 0 atom stereocenters. The molecule has 2 aliphatic heterocycles. The first kappa shape index (κ1) is 23.4. The van der Waals surface area contributed by atoms with Crippen molar-refractivity contribution < 1.29 is 9.53 Å². The average molecular weight is 476 g/mol. The molecule has 35 heavy (non-hydrogen) atoms. The quantitative estimate of drug-likeness (QED) is 0.536. The standard InChI is InChI=1S/C26H33N7O2/c1-19-26(20(2)28-18-27-19)23-15-21(5-6-24(23)35-14-13-31-9-3-4-10-31)30-25(34)17-32-11-12-33-22(16-32)7-8-29-33/h5-8,15,18H,3-4,9-14,16-17H2,1-2H3,(H,30,34). The van der Waals surface area contributed by atoms with Gasteiger partial charge in [0, 0.05) is 54.0 Å². The number of aryl methyl sites for hydroxylation is 2. The molecular formula is C26H33N7O2. The van der Waals surface area contributed by atoms with Gasteiger partial charge in [-0.2, -0.15) is 5.10 Å². The molecule has 5 rings (SSSR count). The van der Waals surface area contributed by atoms with Gasteiger partial charge in [-0.15, -0.1) is 0 Å². The van der Waals surface area contributed by atoms with Gasteiger partial charge in [0.2, 0.25) is 5.91 Å². The molecule has 1 fully saturated rings. The van der Waals surface area contributed by atoms with Gasteiger partial charge in [-0.25, -0.2) is 9.97 Å². The van der Waals surface area contributed by atoms with Crippen molar-refractivity contribution >= 4 is 11.6 Å². The second kappa shape index (κ2) is 10.5. The number of hydrogen-bond donors (Lipinski definition) is 1. The minimum absolute atomic E-state index is 0.0376. The lowest BCUT2D eigenvalue weighted by molar-refractivity contribution is -0.117. The van der Waals surface area contributed by atoms with Crippen molar-refractivity contribution in [3.05, 3.63) is 53.9 Å². The maximum absolute atomic E-state index is 12.9. The number of carbonyl (C=O) groups is 1. The molecule has 0 saturated carbocycles. The number of nitrogens with zero attached hydrogens (tertiary/aromatic N) is 6. The third kappa shape index (κ3) is 5.52. The van der Waals surface area contributed by atoms with E-state index in [9.17, 15) is 4.79 Å². The molecule has 3 aromatic rings. The lowest BCUT2D eigenvalue weighted by Gasteiger charge is -2.27. The molecule has 0 bridgehead atoms. The van der Waals surface area contributed by atoms with Crippen LogP contribution in [0.4, 0.5) is 5.69 Å². The maximum atomic E-state index is 12.9. The maximum Gasteiger partial charge on any atom is 0.238 e. The summed E-state index contributed by atoms with van der Waals surface area (Å²) in [5.41, 5.74) is 5.50. The third-order valence-electron chi connectivity index (χ3n) is 6.81. The Bertz CT molecular complexity index is 1170. The molecule has 4 heterocycles. The smallest absolute Gasteiger partial charge is 0.238 e. The number of hydrogen-bond acceptors (Lipinski definition) is 7. The van der Waals surface area contributed by atoms with Crippen LogP contribution in [0.1, 0.15) is 29.9 Å². The summed E-state index contributed by atoms with van der Waals surface area (Å²) in [6, 6.07) is 7.84. The van der Waals surface area contributed by atoms with Gasteiger partial charge in [-0.3, -0.25) is 19.3 Å². The third-order valence-corrected chi connectivity index (χ3v) is 6.81. The molecular weight excluding hydrogens is 442 g/mol. The zero-order chi connectivity index (χ0) is 24.2. The summed E-state index contributed by atoms with van der Waals surface area (Å²) in [4.78, 5) is 26.3. The Labute approximate surface area is 206 Å². The number of ether oxygens (including phenoxy) is 1. The lowest BCUT2D eigenvalue weighted by Crippen LogP contribution is -2.39. The molecule has 184 valence electrons. The first-order chi connectivity index (χ1) is 17.1. The van der Waals surface area contributed by atoms with Crippen LogP contribution in [0.5, 0.6) is 5.75 Å². The van der Waals surface area contributed by atoms with E-state index in [1.165, 1.54) is 12.8 Å². The summed E-state index contributed by atoms with van der Waals surface area (Å²) in [5.74, 6) is 0.747. The normalized spacial score (nSPS) is 16.3. The summed E-state index contributed by atoms with van der Waals surface area (Å²) in [5, 5.41) is 7.38. The van der Waals surface area contributed by atoms with Crippen LogP contribution in [-0.4, -0.2) is 74.8 Å². The molecule has 2 aromatic heterocycles. The Morgan fingerprint density at radius 1 is 1.03 bits per heavy atom. The monoisotopic (exact) mass is 475 g/mol. The van der Waals surface area contributed by atoms with E-state index < -0.39 is 0 Å². The second-order valence-electron chi connectivity index (χ2n) is 9.33. The summed E-state index contributed by atoms with van der Waals surface area (Å²) in [6.07, 6.45) is 5.92. The first-order valence-corrected chi connectivity index (χ1v) is 12.4. The van der Waals surface area contributed by atoms with Crippen LogP contribution in [0.25, 0.3) is 11.1 Å². The van der Waals surface area contributed by atoms with Crippen molar-refractivity contribution in [2.75, 3.05) is 44.6 Å². The van der Waals surface area contributed by atoms with Gasteiger partial charge in [0.1, 0.15) is 18.7 Å². The second-order valence-corrected chi connectivity index (χ2v) is 9.33. The lowest BCUT2D eigenvalue weighted by atomic mass is 10.0. The van der Waals surface area contributed by atoms with Crippen molar-refractivity contribution in [1.82, 2.24) is 29.5 Å². The Hall–Kier alpha value is -3.30. The zero-order valence-corrected chi connectivity index (χ0v) is 20.5. The van der Waals surface area contributed by atoms with Gasteiger partial charge >= 0.3 is 0 Å². The number of anilines is 1. The van der Waals surface area contributed by atoms with Gasteiger partial charge in [-0.1, -0.05) is 0 Å². The van der Waals surface area contributed by atoms with Crippen molar-refractivity contribution in [1.29, 1.82) is 0 Å². The highest BCUT2D eigenvalue weighted by Crippen LogP contribution is 2.35. The van der Waals surface area contributed by atoms with Gasteiger partial charge in [0.15, 0.2) is 0 Å². The van der Waals surface area contributed by atoms with E-state index in [0.29, 0.717) is 13.2 Å². The van der Waals surface area contributed by atoms with Crippen LogP contribution in [0.2, 0.25) is 0 Å². The summed E-state index contributed by atoms with van der Waals surface area (Å²) >= 11 is 0. The van der Waals surface area contributed by atoms with Crippen LogP contribution in [-0.2, 0) is 17.9 Å². The number of amides is 1. The van der Waals surface area contributed by atoms with E-state index in [1.807, 2.05) is 49.0 Å². The van der Waals surface area contributed by atoms with E-state index in [0.717, 1.165) is 78.9 Å². The van der Waals surface area contributed by atoms with Crippen LogP contribution in [0, 0.1) is 13.8 Å². The Morgan fingerprint density at radius 2 is 1.83 bits per heavy atom. The number of likely N-dealkylation sites (tertiary alicyclic amines) is 1. The van der Waals surface area contributed by atoms with Gasteiger partial charge in [-0.05, 0) is 64.0 Å². The largest absolute Gasteiger partial charge is 0.492 e. The highest BCUT2D eigenvalue weighted by molar-refractivity contribution is 5.93. The highest BCUT2D eigenvalue weighted by atomic mass is 16.5. The molecule has 1 amide bonds. The molecule has 0 aliphatic carbocycles. The molecule has 1 N–H and O–H groups in total. The van der Waals surface area contributed by atoms with E-state index in [1.54, 1.807) is 6.33 Å². The molecule has 1 aromatic carbocycles. The summed E-state index contributed by atoms with van der Waals surface area (Å²) in [7, 11) is 0. The van der Waals surface area contributed by atoms with Crippen LogP contribution >= 0.6 is 0 Å². The molecule has 0 unspecified atom stereocenters. The minimum Gasteiger partial charge on any atom is -0.492 e. The predicted molar refractivity (Wildman–Crippen MR) is 134 cm³/mol. The van der Waals surface area contributed by atoms with Crippen molar-refractivity contribution in [2.24, 2.45) is 0 Å². The molecule has 2 aliphatic rings. The van der Waals surface area contributed by atoms with E-state index in [2.05, 4.69) is 30.2 Å². The Kier molecular flexibility index (Phi) is 7.06. The number of nitrogens with one attached hydrogen (secondary N) is 1. The SMILES string of the molecule is Cc1ncnc(C)c1-c1cc(NC(=O)CN2CCn3nccc3C2)ccc1OCCN1CCCC1. The minimum atomic E-state index is -0.0376. The van der Waals surface area contributed by atoms with Gasteiger partial charge in [0.25, 0.3) is 0 Å². The molecule has 9 heteroatoms. The molecule has 0 spiro atoms. The van der Waals surface area contributed by atoms with Gasteiger partial charge < -0.3 is 10.1 Å². The zero-order valence-electron chi connectivity index (χ0n) is 20.5. The molecule has 0 radical (unpaired) electrons. The Balaban J connectivity index is 1.31. The average Bonchev–Trinajstić information content (AvgIpc) is 3.52. The van der Waals surface area contributed by atoms with Crippen LogP contribution < -0.4 is 10.1 Å². The van der Waals surface area contributed by atoms with E-state index >= 15 is 0 Å². The van der Waals surface area contributed by atoms with Crippen LogP contribution in [0.3, 0.4) is 0 Å². The van der Waals surface area contributed by atoms with Gasteiger partial charge in [0.05, 0.1) is 18.8 Å². The van der Waals surface area contributed by atoms with E-state index in [-0.39, 0.29) is 5.91 Å². The fraction of sp³-hybridized carbons (Fsp3) is 0.462. The number of fused-ring (bicyclic) bond motifs is 1. The number of rotatable bonds is 8. The summed E-state index contributed by atoms with van der Waals surface area (Å²) in [6.45, 7) is 10.4. The highest BCUT2D eigenvalue weighted by Gasteiger charge is 2.20. The molecule has 9 nitrogen and oxygen atoms in total. The summed E-state index contributed by atoms with van der Waals surface area (Å²) < 4.78 is 8.24. The van der Waals surface area contributed by atoms with Crippen LogP contribution in [0.15, 0.2) is 36.8 Å². The van der Waals surface area contributed by atoms with Crippen molar-refractivity contribution in [3.8, 4) is 16.9 Å². The number of carbonyl (C=O) groups excluding carboxylic acids is 1. The fourth-order valence-electron chi connectivity index (χ4n) is 4.98. The van der Waals surface area contributed by atoms with Crippen molar-refractivity contribution in [2.45, 2.75) is 39.8 Å². The predicted octanol–water partition coefficient (Wildman–Crippen LogP) is 2.89.